The molecule has 2 heterocycles. The van der Waals surface area contributed by atoms with Crippen LogP contribution in [0.5, 0.6) is 0 Å². The first-order chi connectivity index (χ1) is 10.3. The van der Waals surface area contributed by atoms with Crippen LogP contribution < -0.4 is 0 Å². The number of halogens is 1. The number of aromatic nitrogens is 3. The number of para-hydroxylation sites is 1. The zero-order valence-corrected chi connectivity index (χ0v) is 12.8. The lowest BCUT2D eigenvalue weighted by molar-refractivity contribution is 0.674. The normalized spacial score (nSPS) is 11.1. The Kier molecular flexibility index (Phi) is 4.20. The number of hydrogen-bond acceptors (Lipinski definition) is 2. The maximum atomic E-state index is 5.93. The van der Waals surface area contributed by atoms with Crippen LogP contribution in [0.15, 0.2) is 42.7 Å². The molecule has 0 atom stereocenters. The van der Waals surface area contributed by atoms with Crippen molar-refractivity contribution in [1.29, 1.82) is 0 Å². The molecule has 3 rings (SSSR count). The second-order valence-corrected chi connectivity index (χ2v) is 5.55. The highest BCUT2D eigenvalue weighted by molar-refractivity contribution is 6.17. The summed E-state index contributed by atoms with van der Waals surface area (Å²) in [6, 6.07) is 10.4. The molecule has 0 N–H and O–H groups in total. The largest absolute Gasteiger partial charge is 0.328 e. The highest BCUT2D eigenvalue weighted by Crippen LogP contribution is 2.21. The second-order valence-electron chi connectivity index (χ2n) is 5.17. The van der Waals surface area contributed by atoms with Crippen molar-refractivity contribution in [3.8, 4) is 0 Å². The van der Waals surface area contributed by atoms with Gasteiger partial charge < -0.3 is 4.57 Å². The Morgan fingerprint density at radius 3 is 2.81 bits per heavy atom. The third-order valence-corrected chi connectivity index (χ3v) is 3.91. The minimum atomic E-state index is 0.593. The Labute approximate surface area is 129 Å². The van der Waals surface area contributed by atoms with Crippen LogP contribution in [0.25, 0.3) is 11.0 Å². The van der Waals surface area contributed by atoms with Crippen molar-refractivity contribution in [3.05, 3.63) is 59.7 Å². The highest BCUT2D eigenvalue weighted by atomic mass is 35.5. The molecule has 0 saturated carbocycles. The van der Waals surface area contributed by atoms with E-state index < -0.39 is 0 Å². The molecule has 21 heavy (non-hydrogen) atoms. The standard InChI is InChI=1S/C17H18ClN3/c1-13-4-2-6-15-17(13)20-16(7-9-18)21(15)11-8-14-5-3-10-19-12-14/h2-6,10,12H,7-9,11H2,1H3. The van der Waals surface area contributed by atoms with Gasteiger partial charge in [0.05, 0.1) is 11.0 Å². The lowest BCUT2D eigenvalue weighted by Gasteiger charge is -2.08. The van der Waals surface area contributed by atoms with Crippen molar-refractivity contribution in [3.63, 3.8) is 0 Å². The van der Waals surface area contributed by atoms with E-state index in [9.17, 15) is 0 Å². The van der Waals surface area contributed by atoms with E-state index in [1.54, 1.807) is 6.20 Å². The average Bonchev–Trinajstić information content (AvgIpc) is 2.86. The predicted molar refractivity (Wildman–Crippen MR) is 86.8 cm³/mol. The van der Waals surface area contributed by atoms with E-state index in [4.69, 9.17) is 16.6 Å². The number of fused-ring (bicyclic) bond motifs is 1. The third kappa shape index (κ3) is 2.93. The molecule has 0 spiro atoms. The summed E-state index contributed by atoms with van der Waals surface area (Å²) in [5.41, 5.74) is 4.73. The molecular formula is C17H18ClN3. The monoisotopic (exact) mass is 299 g/mol. The summed E-state index contributed by atoms with van der Waals surface area (Å²) in [6.45, 7) is 3.00. The minimum absolute atomic E-state index is 0.593. The molecule has 0 aliphatic carbocycles. The van der Waals surface area contributed by atoms with Crippen molar-refractivity contribution >= 4 is 22.6 Å². The summed E-state index contributed by atoms with van der Waals surface area (Å²) in [5, 5.41) is 0. The first kappa shape index (κ1) is 14.1. The molecule has 0 radical (unpaired) electrons. The van der Waals surface area contributed by atoms with Gasteiger partial charge >= 0.3 is 0 Å². The summed E-state index contributed by atoms with van der Waals surface area (Å²) in [5.74, 6) is 1.66. The quantitative estimate of drug-likeness (QED) is 0.672. The lowest BCUT2D eigenvalue weighted by Crippen LogP contribution is -2.07. The number of hydrogen-bond donors (Lipinski definition) is 0. The van der Waals surface area contributed by atoms with Gasteiger partial charge in [-0.3, -0.25) is 4.98 Å². The van der Waals surface area contributed by atoms with Crippen molar-refractivity contribution < 1.29 is 0 Å². The number of alkyl halides is 1. The van der Waals surface area contributed by atoms with Crippen molar-refractivity contribution in [2.24, 2.45) is 0 Å². The molecule has 4 heteroatoms. The zero-order valence-electron chi connectivity index (χ0n) is 12.1. The molecule has 108 valence electrons. The van der Waals surface area contributed by atoms with Crippen molar-refractivity contribution in [1.82, 2.24) is 14.5 Å². The third-order valence-electron chi connectivity index (χ3n) is 3.72. The van der Waals surface area contributed by atoms with Crippen LogP contribution in [0.4, 0.5) is 0 Å². The van der Waals surface area contributed by atoms with Gasteiger partial charge in [0.1, 0.15) is 5.82 Å². The molecule has 3 aromatic rings. The van der Waals surface area contributed by atoms with Crippen LogP contribution in [-0.4, -0.2) is 20.4 Å². The van der Waals surface area contributed by atoms with Gasteiger partial charge in [0.2, 0.25) is 0 Å². The van der Waals surface area contributed by atoms with E-state index in [1.165, 1.54) is 16.6 Å². The van der Waals surface area contributed by atoms with Crippen LogP contribution in [-0.2, 0) is 19.4 Å². The van der Waals surface area contributed by atoms with Crippen LogP contribution in [0.3, 0.4) is 0 Å². The van der Waals surface area contributed by atoms with Gasteiger partial charge in [-0.1, -0.05) is 18.2 Å². The summed E-state index contributed by atoms with van der Waals surface area (Å²) >= 11 is 5.93. The van der Waals surface area contributed by atoms with E-state index in [0.717, 1.165) is 30.7 Å². The van der Waals surface area contributed by atoms with E-state index in [1.807, 2.05) is 12.3 Å². The van der Waals surface area contributed by atoms with E-state index in [0.29, 0.717) is 5.88 Å². The van der Waals surface area contributed by atoms with Gasteiger partial charge in [-0.05, 0) is 36.6 Å². The first-order valence-corrected chi connectivity index (χ1v) is 7.72. The fourth-order valence-corrected chi connectivity index (χ4v) is 2.82. The van der Waals surface area contributed by atoms with E-state index in [-0.39, 0.29) is 0 Å². The Hall–Kier alpha value is -1.87. The molecule has 2 aromatic heterocycles. The SMILES string of the molecule is Cc1cccc2c1nc(CCCl)n2CCc1cccnc1. The van der Waals surface area contributed by atoms with Crippen LogP contribution >= 0.6 is 11.6 Å². The van der Waals surface area contributed by atoms with Crippen LogP contribution in [0, 0.1) is 6.92 Å². The number of imidazole rings is 1. The van der Waals surface area contributed by atoms with Gasteiger partial charge in [0.15, 0.2) is 0 Å². The molecule has 0 bridgehead atoms. The first-order valence-electron chi connectivity index (χ1n) is 7.19. The molecule has 0 aliphatic heterocycles. The molecule has 0 aliphatic rings. The Bertz CT molecular complexity index is 734. The number of nitrogens with zero attached hydrogens (tertiary/aromatic N) is 3. The summed E-state index contributed by atoms with van der Waals surface area (Å²) in [6.07, 6.45) is 5.47. The van der Waals surface area contributed by atoms with Crippen molar-refractivity contribution in [2.75, 3.05) is 5.88 Å². The summed E-state index contributed by atoms with van der Waals surface area (Å²) in [4.78, 5) is 8.95. The van der Waals surface area contributed by atoms with Gasteiger partial charge in [0, 0.05) is 31.2 Å². The van der Waals surface area contributed by atoms with Crippen molar-refractivity contribution in [2.45, 2.75) is 26.3 Å². The maximum Gasteiger partial charge on any atom is 0.111 e. The molecule has 1 aromatic carbocycles. The molecular weight excluding hydrogens is 282 g/mol. The molecule has 0 fully saturated rings. The lowest BCUT2D eigenvalue weighted by atomic mass is 10.2. The average molecular weight is 300 g/mol. The molecule has 0 saturated heterocycles. The number of aryl methyl sites for hydroxylation is 4. The smallest absolute Gasteiger partial charge is 0.111 e. The van der Waals surface area contributed by atoms with E-state index >= 15 is 0 Å². The summed E-state index contributed by atoms with van der Waals surface area (Å²) in [7, 11) is 0. The van der Waals surface area contributed by atoms with Gasteiger partial charge in [-0.25, -0.2) is 4.98 Å². The number of rotatable bonds is 5. The highest BCUT2D eigenvalue weighted by Gasteiger charge is 2.11. The predicted octanol–water partition coefficient (Wildman–Crippen LogP) is 3.76. The molecule has 0 unspecified atom stereocenters. The Morgan fingerprint density at radius 1 is 1.14 bits per heavy atom. The molecule has 3 nitrogen and oxygen atoms in total. The Balaban J connectivity index is 1.95. The van der Waals surface area contributed by atoms with Gasteiger partial charge in [0.25, 0.3) is 0 Å². The molecule has 0 amide bonds. The second kappa shape index (κ2) is 6.27. The van der Waals surface area contributed by atoms with Crippen LogP contribution in [0.2, 0.25) is 0 Å². The minimum Gasteiger partial charge on any atom is -0.328 e. The van der Waals surface area contributed by atoms with Gasteiger partial charge in [-0.2, -0.15) is 0 Å². The zero-order chi connectivity index (χ0) is 14.7. The summed E-state index contributed by atoms with van der Waals surface area (Å²) < 4.78 is 2.29. The van der Waals surface area contributed by atoms with Gasteiger partial charge in [-0.15, -0.1) is 11.6 Å². The number of pyridine rings is 1. The maximum absolute atomic E-state index is 5.93. The fourth-order valence-electron chi connectivity index (χ4n) is 2.65. The van der Waals surface area contributed by atoms with Crippen LogP contribution in [0.1, 0.15) is 17.0 Å². The van der Waals surface area contributed by atoms with E-state index in [2.05, 4.69) is 40.7 Å². The number of benzene rings is 1. The Morgan fingerprint density at radius 2 is 2.05 bits per heavy atom. The fraction of sp³-hybridized carbons (Fsp3) is 0.294. The topological polar surface area (TPSA) is 30.7 Å².